The van der Waals surface area contributed by atoms with Gasteiger partial charge >= 0.3 is 0 Å². The Hall–Kier alpha value is 0.960. The number of hydrogen-bond acceptors (Lipinski definition) is 0. The molecule has 0 aromatic rings. The van der Waals surface area contributed by atoms with E-state index in [1.54, 1.807) is 0 Å². The average molecular weight is 300 g/mol. The molecule has 0 saturated heterocycles. The summed E-state index contributed by atoms with van der Waals surface area (Å²) in [7, 11) is 0. The lowest BCUT2D eigenvalue weighted by molar-refractivity contribution is 0.442. The van der Waals surface area contributed by atoms with Gasteiger partial charge in [-0.25, -0.2) is 0 Å². The van der Waals surface area contributed by atoms with Gasteiger partial charge in [-0.05, 0) is 18.8 Å². The third kappa shape index (κ3) is 4.27. The minimum atomic E-state index is 0.633. The Labute approximate surface area is 93.8 Å². The molecule has 3 unspecified atom stereocenters. The summed E-state index contributed by atoms with van der Waals surface area (Å²) in [5.74, 6) is 0.833. The van der Waals surface area contributed by atoms with Crippen molar-refractivity contribution in [2.24, 2.45) is 5.92 Å². The fourth-order valence-corrected chi connectivity index (χ4v) is 2.92. The van der Waals surface area contributed by atoms with Crippen molar-refractivity contribution in [3.63, 3.8) is 0 Å². The molecular weight excluding hydrogens is 280 g/mol. The van der Waals surface area contributed by atoms with Crippen LogP contribution in [0.2, 0.25) is 0 Å². The lowest BCUT2D eigenvalue weighted by Crippen LogP contribution is -2.23. The standard InChI is InChI=1S/C10H20Br2/c1-4-7-8(5-2)10(12)9(11)6-3/h8-10H,4-7H2,1-3H3. The zero-order chi connectivity index (χ0) is 9.56. The summed E-state index contributed by atoms with van der Waals surface area (Å²) in [6, 6.07) is 0. The van der Waals surface area contributed by atoms with Crippen LogP contribution in [0.1, 0.15) is 46.5 Å². The first-order chi connectivity index (χ1) is 5.67. The zero-order valence-electron chi connectivity index (χ0n) is 8.32. The van der Waals surface area contributed by atoms with Gasteiger partial charge in [-0.2, -0.15) is 0 Å². The van der Waals surface area contributed by atoms with E-state index in [0.717, 1.165) is 5.92 Å². The van der Waals surface area contributed by atoms with Crippen molar-refractivity contribution in [1.82, 2.24) is 0 Å². The highest BCUT2D eigenvalue weighted by molar-refractivity contribution is 9.12. The molecule has 0 aromatic heterocycles. The normalized spacial score (nSPS) is 18.8. The van der Waals surface area contributed by atoms with Crippen LogP contribution in [0.3, 0.4) is 0 Å². The number of rotatable bonds is 6. The maximum atomic E-state index is 3.78. The highest BCUT2D eigenvalue weighted by atomic mass is 79.9. The summed E-state index contributed by atoms with van der Waals surface area (Å²) in [5, 5.41) is 0. The Kier molecular flexibility index (Phi) is 7.96. The quantitative estimate of drug-likeness (QED) is 0.621. The van der Waals surface area contributed by atoms with E-state index in [1.807, 2.05) is 0 Å². The van der Waals surface area contributed by atoms with E-state index in [0.29, 0.717) is 9.65 Å². The molecule has 0 heterocycles. The van der Waals surface area contributed by atoms with Gasteiger partial charge in [0.25, 0.3) is 0 Å². The molecule has 12 heavy (non-hydrogen) atoms. The van der Waals surface area contributed by atoms with Crippen molar-refractivity contribution in [3.8, 4) is 0 Å². The molecule has 0 radical (unpaired) electrons. The Balaban J connectivity index is 3.91. The van der Waals surface area contributed by atoms with Crippen molar-refractivity contribution < 1.29 is 0 Å². The molecule has 3 atom stereocenters. The van der Waals surface area contributed by atoms with E-state index < -0.39 is 0 Å². The van der Waals surface area contributed by atoms with Crippen LogP contribution in [0.15, 0.2) is 0 Å². The first kappa shape index (κ1) is 13.0. The molecule has 0 bridgehead atoms. The van der Waals surface area contributed by atoms with Crippen LogP contribution in [0.25, 0.3) is 0 Å². The van der Waals surface area contributed by atoms with Crippen molar-refractivity contribution in [2.45, 2.75) is 56.1 Å². The van der Waals surface area contributed by atoms with E-state index in [4.69, 9.17) is 0 Å². The predicted molar refractivity (Wildman–Crippen MR) is 64.4 cm³/mol. The van der Waals surface area contributed by atoms with Gasteiger partial charge in [0, 0.05) is 9.65 Å². The molecule has 2 heteroatoms. The van der Waals surface area contributed by atoms with E-state index in [2.05, 4.69) is 52.6 Å². The largest absolute Gasteiger partial charge is 0.0879 e. The molecule has 0 spiro atoms. The summed E-state index contributed by atoms with van der Waals surface area (Å²) >= 11 is 7.49. The monoisotopic (exact) mass is 298 g/mol. The van der Waals surface area contributed by atoms with Crippen molar-refractivity contribution in [2.75, 3.05) is 0 Å². The molecule has 0 amide bonds. The maximum Gasteiger partial charge on any atom is 0.0299 e. The van der Waals surface area contributed by atoms with E-state index in [9.17, 15) is 0 Å². The van der Waals surface area contributed by atoms with Gasteiger partial charge < -0.3 is 0 Å². The second-order valence-corrected chi connectivity index (χ2v) is 5.56. The molecule has 0 nitrogen and oxygen atoms in total. The lowest BCUT2D eigenvalue weighted by atomic mass is 9.94. The second-order valence-electron chi connectivity index (χ2n) is 3.33. The van der Waals surface area contributed by atoms with Gasteiger partial charge in [-0.3, -0.25) is 0 Å². The highest BCUT2D eigenvalue weighted by Crippen LogP contribution is 2.29. The summed E-state index contributed by atoms with van der Waals surface area (Å²) in [5.41, 5.74) is 0. The zero-order valence-corrected chi connectivity index (χ0v) is 11.5. The van der Waals surface area contributed by atoms with Gasteiger partial charge in [-0.1, -0.05) is 65.5 Å². The predicted octanol–water partition coefficient (Wildman–Crippen LogP) is 4.75. The summed E-state index contributed by atoms with van der Waals surface area (Å²) in [4.78, 5) is 1.28. The van der Waals surface area contributed by atoms with E-state index in [-0.39, 0.29) is 0 Å². The minimum Gasteiger partial charge on any atom is -0.0879 e. The van der Waals surface area contributed by atoms with Crippen LogP contribution in [-0.2, 0) is 0 Å². The molecule has 0 N–H and O–H groups in total. The third-order valence-electron chi connectivity index (χ3n) is 2.37. The van der Waals surface area contributed by atoms with Crippen LogP contribution in [-0.4, -0.2) is 9.65 Å². The minimum absolute atomic E-state index is 0.633. The Bertz CT molecular complexity index is 104. The lowest BCUT2D eigenvalue weighted by Gasteiger charge is -2.24. The Morgan fingerprint density at radius 1 is 1.00 bits per heavy atom. The number of alkyl halides is 2. The van der Waals surface area contributed by atoms with Crippen LogP contribution in [0.4, 0.5) is 0 Å². The van der Waals surface area contributed by atoms with E-state index >= 15 is 0 Å². The summed E-state index contributed by atoms with van der Waals surface area (Å²) in [6.07, 6.45) is 5.13. The fraction of sp³-hybridized carbons (Fsp3) is 1.00. The van der Waals surface area contributed by atoms with Crippen LogP contribution in [0, 0.1) is 5.92 Å². The summed E-state index contributed by atoms with van der Waals surface area (Å²) < 4.78 is 0. The molecule has 0 aromatic carbocycles. The van der Waals surface area contributed by atoms with Gasteiger partial charge in [-0.15, -0.1) is 0 Å². The topological polar surface area (TPSA) is 0 Å². The van der Waals surface area contributed by atoms with E-state index in [1.165, 1.54) is 25.7 Å². The van der Waals surface area contributed by atoms with Gasteiger partial charge in [0.15, 0.2) is 0 Å². The SMILES string of the molecule is CCCC(CC)C(Br)C(Br)CC. The Morgan fingerprint density at radius 2 is 1.58 bits per heavy atom. The summed E-state index contributed by atoms with van der Waals surface area (Å²) in [6.45, 7) is 6.77. The molecule has 0 fully saturated rings. The molecule has 0 aliphatic rings. The first-order valence-corrected chi connectivity index (χ1v) is 6.78. The average Bonchev–Trinajstić information content (AvgIpc) is 2.11. The number of halogens is 2. The first-order valence-electron chi connectivity index (χ1n) is 4.95. The van der Waals surface area contributed by atoms with Gasteiger partial charge in [0.2, 0.25) is 0 Å². The van der Waals surface area contributed by atoms with Crippen LogP contribution < -0.4 is 0 Å². The number of hydrogen-bond donors (Lipinski definition) is 0. The smallest absolute Gasteiger partial charge is 0.0299 e. The molecule has 0 rings (SSSR count). The van der Waals surface area contributed by atoms with Gasteiger partial charge in [0.1, 0.15) is 0 Å². The molecule has 0 aliphatic heterocycles. The molecular formula is C10H20Br2. The highest BCUT2D eigenvalue weighted by Gasteiger charge is 2.21. The Morgan fingerprint density at radius 3 is 1.92 bits per heavy atom. The van der Waals surface area contributed by atoms with Crippen molar-refractivity contribution >= 4 is 31.9 Å². The molecule has 0 saturated carbocycles. The van der Waals surface area contributed by atoms with Crippen LogP contribution in [0.5, 0.6) is 0 Å². The van der Waals surface area contributed by atoms with Gasteiger partial charge in [0.05, 0.1) is 0 Å². The maximum absolute atomic E-state index is 3.78. The fourth-order valence-electron chi connectivity index (χ4n) is 1.48. The van der Waals surface area contributed by atoms with Crippen molar-refractivity contribution in [3.05, 3.63) is 0 Å². The molecule has 0 aliphatic carbocycles. The third-order valence-corrected chi connectivity index (χ3v) is 5.68. The van der Waals surface area contributed by atoms with Crippen LogP contribution >= 0.6 is 31.9 Å². The molecule has 74 valence electrons. The van der Waals surface area contributed by atoms with Crippen molar-refractivity contribution in [1.29, 1.82) is 0 Å². The second kappa shape index (κ2) is 7.37.